The molecule has 0 fully saturated rings. The number of carbonyl (C=O) groups is 1. The minimum absolute atomic E-state index is 0.0580. The predicted molar refractivity (Wildman–Crippen MR) is 56.5 cm³/mol. The third-order valence-corrected chi connectivity index (χ3v) is 2.05. The summed E-state index contributed by atoms with van der Waals surface area (Å²) in [6, 6.07) is 3.64. The van der Waals surface area contributed by atoms with E-state index in [1.54, 1.807) is 13.1 Å². The molecule has 1 amide bonds. The van der Waals surface area contributed by atoms with Gasteiger partial charge in [0.2, 0.25) is 0 Å². The number of amides is 1. The van der Waals surface area contributed by atoms with Gasteiger partial charge in [0, 0.05) is 24.0 Å². The summed E-state index contributed by atoms with van der Waals surface area (Å²) in [5, 5.41) is 2.61. The lowest BCUT2D eigenvalue weighted by molar-refractivity contribution is 0.0962. The molecule has 3 nitrogen and oxygen atoms in total. The quantitative estimate of drug-likeness (QED) is 0.777. The molecule has 3 heteroatoms. The highest BCUT2D eigenvalue weighted by Gasteiger charge is 2.08. The van der Waals surface area contributed by atoms with Crippen LogP contribution >= 0.6 is 0 Å². The first-order valence-electron chi connectivity index (χ1n) is 4.75. The molecule has 0 unspecified atom stereocenters. The van der Waals surface area contributed by atoms with Gasteiger partial charge in [-0.2, -0.15) is 0 Å². The molecule has 1 rings (SSSR count). The van der Waals surface area contributed by atoms with Crippen LogP contribution in [0.25, 0.3) is 0 Å². The average Bonchev–Trinajstić information content (AvgIpc) is 2.15. The Morgan fingerprint density at radius 2 is 2.07 bits per heavy atom. The van der Waals surface area contributed by atoms with Crippen LogP contribution in [-0.4, -0.2) is 17.9 Å². The van der Waals surface area contributed by atoms with E-state index in [1.165, 1.54) is 0 Å². The van der Waals surface area contributed by atoms with Gasteiger partial charge < -0.3 is 5.32 Å². The summed E-state index contributed by atoms with van der Waals surface area (Å²) >= 11 is 0. The molecule has 1 N–H and O–H groups in total. The van der Waals surface area contributed by atoms with Crippen LogP contribution in [0.4, 0.5) is 0 Å². The molecule has 0 aliphatic rings. The van der Waals surface area contributed by atoms with E-state index in [1.807, 2.05) is 13.0 Å². The molecule has 0 aromatic carbocycles. The third kappa shape index (κ3) is 2.31. The van der Waals surface area contributed by atoms with Gasteiger partial charge in [0.1, 0.15) is 0 Å². The molecular formula is C11H16N2O. The van der Waals surface area contributed by atoms with Crippen LogP contribution in [0.1, 0.15) is 41.5 Å². The molecule has 0 aliphatic heterocycles. The molecule has 0 radical (unpaired) electrons. The fraction of sp³-hybridized carbons (Fsp3) is 0.455. The Labute approximate surface area is 84.6 Å². The Morgan fingerprint density at radius 1 is 1.43 bits per heavy atom. The van der Waals surface area contributed by atoms with E-state index in [-0.39, 0.29) is 5.91 Å². The van der Waals surface area contributed by atoms with Gasteiger partial charge in [0.05, 0.1) is 0 Å². The van der Waals surface area contributed by atoms with Crippen LogP contribution in [-0.2, 0) is 0 Å². The lowest BCUT2D eigenvalue weighted by Crippen LogP contribution is -2.18. The number of carbonyl (C=O) groups excluding carboxylic acids is 1. The third-order valence-electron chi connectivity index (χ3n) is 2.05. The van der Waals surface area contributed by atoms with E-state index in [4.69, 9.17) is 0 Å². The Balaban J connectivity index is 3.13. The molecule has 1 aromatic heterocycles. The fourth-order valence-corrected chi connectivity index (χ4v) is 1.27. The SMILES string of the molecule is CNC(=O)c1cc(C)nc(C(C)C)c1. The van der Waals surface area contributed by atoms with Crippen LogP contribution in [0.3, 0.4) is 0 Å². The van der Waals surface area contributed by atoms with Gasteiger partial charge in [-0.1, -0.05) is 13.8 Å². The van der Waals surface area contributed by atoms with Crippen molar-refractivity contribution in [2.45, 2.75) is 26.7 Å². The van der Waals surface area contributed by atoms with Crippen molar-refractivity contribution in [3.8, 4) is 0 Å². The van der Waals surface area contributed by atoms with Gasteiger partial charge in [0.25, 0.3) is 5.91 Å². The second-order valence-electron chi connectivity index (χ2n) is 3.66. The molecule has 0 bridgehead atoms. The van der Waals surface area contributed by atoms with E-state index in [0.29, 0.717) is 11.5 Å². The Morgan fingerprint density at radius 3 is 2.57 bits per heavy atom. The fourth-order valence-electron chi connectivity index (χ4n) is 1.27. The zero-order chi connectivity index (χ0) is 10.7. The summed E-state index contributed by atoms with van der Waals surface area (Å²) in [6.45, 7) is 6.03. The molecule has 0 saturated carbocycles. The summed E-state index contributed by atoms with van der Waals surface area (Å²) < 4.78 is 0. The van der Waals surface area contributed by atoms with Gasteiger partial charge >= 0.3 is 0 Å². The van der Waals surface area contributed by atoms with Crippen LogP contribution in [0, 0.1) is 6.92 Å². The molecule has 1 heterocycles. The number of rotatable bonds is 2. The Kier molecular flexibility index (Phi) is 3.23. The minimum Gasteiger partial charge on any atom is -0.355 e. The largest absolute Gasteiger partial charge is 0.355 e. The summed E-state index contributed by atoms with van der Waals surface area (Å²) in [5.74, 6) is 0.288. The lowest BCUT2D eigenvalue weighted by Gasteiger charge is -2.08. The number of hydrogen-bond donors (Lipinski definition) is 1. The molecule has 0 saturated heterocycles. The Hall–Kier alpha value is -1.38. The number of pyridine rings is 1. The number of hydrogen-bond acceptors (Lipinski definition) is 2. The maximum absolute atomic E-state index is 11.4. The van der Waals surface area contributed by atoms with Gasteiger partial charge in [0.15, 0.2) is 0 Å². The first-order valence-corrected chi connectivity index (χ1v) is 4.75. The van der Waals surface area contributed by atoms with Gasteiger partial charge in [-0.15, -0.1) is 0 Å². The minimum atomic E-state index is -0.0580. The van der Waals surface area contributed by atoms with Crippen LogP contribution in [0.2, 0.25) is 0 Å². The number of nitrogens with zero attached hydrogens (tertiary/aromatic N) is 1. The van der Waals surface area contributed by atoms with Gasteiger partial charge in [-0.25, -0.2) is 0 Å². The van der Waals surface area contributed by atoms with Crippen molar-refractivity contribution in [1.29, 1.82) is 0 Å². The highest BCUT2D eigenvalue weighted by Crippen LogP contribution is 2.14. The predicted octanol–water partition coefficient (Wildman–Crippen LogP) is 1.87. The Bertz CT molecular complexity index is 345. The van der Waals surface area contributed by atoms with E-state index < -0.39 is 0 Å². The summed E-state index contributed by atoms with van der Waals surface area (Å²) in [6.07, 6.45) is 0. The molecule has 0 atom stereocenters. The topological polar surface area (TPSA) is 42.0 Å². The van der Waals surface area contributed by atoms with Crippen molar-refractivity contribution in [1.82, 2.24) is 10.3 Å². The van der Waals surface area contributed by atoms with Crippen molar-refractivity contribution in [3.05, 3.63) is 29.1 Å². The maximum atomic E-state index is 11.4. The highest BCUT2D eigenvalue weighted by molar-refractivity contribution is 5.94. The van der Waals surface area contributed by atoms with Crippen molar-refractivity contribution >= 4 is 5.91 Å². The van der Waals surface area contributed by atoms with Crippen LogP contribution in [0.15, 0.2) is 12.1 Å². The van der Waals surface area contributed by atoms with E-state index in [0.717, 1.165) is 11.4 Å². The summed E-state index contributed by atoms with van der Waals surface area (Å²) in [7, 11) is 1.63. The number of aromatic nitrogens is 1. The van der Waals surface area contributed by atoms with Crippen molar-refractivity contribution in [2.24, 2.45) is 0 Å². The van der Waals surface area contributed by atoms with Gasteiger partial charge in [-0.05, 0) is 25.0 Å². The second kappa shape index (κ2) is 4.22. The van der Waals surface area contributed by atoms with Crippen LogP contribution in [0.5, 0.6) is 0 Å². The van der Waals surface area contributed by atoms with Crippen LogP contribution < -0.4 is 5.32 Å². The first kappa shape index (κ1) is 10.7. The second-order valence-corrected chi connectivity index (χ2v) is 3.66. The smallest absolute Gasteiger partial charge is 0.251 e. The van der Waals surface area contributed by atoms with Crippen molar-refractivity contribution in [2.75, 3.05) is 7.05 Å². The zero-order valence-electron chi connectivity index (χ0n) is 9.09. The average molecular weight is 192 g/mol. The molecule has 76 valence electrons. The standard InChI is InChI=1S/C11H16N2O/c1-7(2)10-6-9(11(14)12-4)5-8(3)13-10/h5-7H,1-4H3,(H,12,14). The normalized spacial score (nSPS) is 10.4. The van der Waals surface area contributed by atoms with E-state index >= 15 is 0 Å². The zero-order valence-corrected chi connectivity index (χ0v) is 9.09. The monoisotopic (exact) mass is 192 g/mol. The maximum Gasteiger partial charge on any atom is 0.251 e. The summed E-state index contributed by atoms with van der Waals surface area (Å²) in [4.78, 5) is 15.8. The highest BCUT2D eigenvalue weighted by atomic mass is 16.1. The van der Waals surface area contributed by atoms with Crippen molar-refractivity contribution in [3.63, 3.8) is 0 Å². The first-order chi connectivity index (χ1) is 6.54. The molecule has 14 heavy (non-hydrogen) atoms. The lowest BCUT2D eigenvalue weighted by atomic mass is 10.1. The molecule has 0 aliphatic carbocycles. The molecule has 0 spiro atoms. The number of aryl methyl sites for hydroxylation is 1. The summed E-state index contributed by atoms with van der Waals surface area (Å²) in [5.41, 5.74) is 2.53. The van der Waals surface area contributed by atoms with E-state index in [9.17, 15) is 4.79 Å². The number of nitrogens with one attached hydrogen (secondary N) is 1. The molecule has 1 aromatic rings. The molecular weight excluding hydrogens is 176 g/mol. The van der Waals surface area contributed by atoms with E-state index in [2.05, 4.69) is 24.1 Å². The van der Waals surface area contributed by atoms with Crippen molar-refractivity contribution < 1.29 is 4.79 Å². The van der Waals surface area contributed by atoms with Gasteiger partial charge in [-0.3, -0.25) is 9.78 Å².